The third kappa shape index (κ3) is 1.30. The van der Waals surface area contributed by atoms with Gasteiger partial charge in [0.1, 0.15) is 0 Å². The predicted molar refractivity (Wildman–Crippen MR) is 59.6 cm³/mol. The lowest BCUT2D eigenvalue weighted by Crippen LogP contribution is -2.51. The van der Waals surface area contributed by atoms with Crippen molar-refractivity contribution >= 4 is 5.78 Å². The van der Waals surface area contributed by atoms with Crippen LogP contribution in [0.25, 0.3) is 0 Å². The van der Waals surface area contributed by atoms with Crippen molar-refractivity contribution in [2.45, 2.75) is 51.6 Å². The lowest BCUT2D eigenvalue weighted by molar-refractivity contribution is -0.133. The van der Waals surface area contributed by atoms with Crippen LogP contribution in [0.1, 0.15) is 39.5 Å². The molecule has 0 N–H and O–H groups in total. The summed E-state index contributed by atoms with van der Waals surface area (Å²) in [4.78, 5) is 14.8. The van der Waals surface area contributed by atoms with Crippen LogP contribution in [-0.4, -0.2) is 29.3 Å². The highest BCUT2D eigenvalue weighted by molar-refractivity contribution is 5.87. The maximum atomic E-state index is 12.3. The monoisotopic (exact) mass is 207 g/mol. The summed E-state index contributed by atoms with van der Waals surface area (Å²) in [5, 5.41) is 0. The summed E-state index contributed by atoms with van der Waals surface area (Å²) >= 11 is 0. The van der Waals surface area contributed by atoms with E-state index in [4.69, 9.17) is 0 Å². The van der Waals surface area contributed by atoms with Crippen LogP contribution in [-0.2, 0) is 4.79 Å². The predicted octanol–water partition coefficient (Wildman–Crippen LogP) is 2.08. The molecule has 1 saturated carbocycles. The number of piperidine rings is 1. The summed E-state index contributed by atoms with van der Waals surface area (Å²) in [6, 6.07) is 0.935. The normalized spacial score (nSPS) is 50.5. The second kappa shape index (κ2) is 3.31. The SMILES string of the molecule is CC1CC(C)N2C[C@@H]3CCC[C@@H]3[C@H]2C1=O. The molecule has 0 aromatic rings. The Kier molecular flexibility index (Phi) is 2.17. The zero-order valence-electron chi connectivity index (χ0n) is 9.78. The van der Waals surface area contributed by atoms with Crippen LogP contribution >= 0.6 is 0 Å². The maximum Gasteiger partial charge on any atom is 0.153 e. The van der Waals surface area contributed by atoms with E-state index >= 15 is 0 Å². The molecule has 3 fully saturated rings. The van der Waals surface area contributed by atoms with Crippen molar-refractivity contribution in [2.75, 3.05) is 6.54 Å². The van der Waals surface area contributed by atoms with E-state index in [-0.39, 0.29) is 0 Å². The average molecular weight is 207 g/mol. The number of hydrogen-bond acceptors (Lipinski definition) is 2. The molecule has 5 atom stereocenters. The van der Waals surface area contributed by atoms with E-state index in [0.29, 0.717) is 29.7 Å². The van der Waals surface area contributed by atoms with Crippen LogP contribution in [0, 0.1) is 17.8 Å². The molecule has 2 nitrogen and oxygen atoms in total. The molecule has 2 heteroatoms. The van der Waals surface area contributed by atoms with Crippen LogP contribution < -0.4 is 0 Å². The third-order valence-electron chi connectivity index (χ3n) is 4.96. The quantitative estimate of drug-likeness (QED) is 0.606. The first-order chi connectivity index (χ1) is 7.18. The molecule has 0 aromatic carbocycles. The van der Waals surface area contributed by atoms with E-state index in [1.807, 2.05) is 0 Å². The van der Waals surface area contributed by atoms with Crippen LogP contribution in [0.2, 0.25) is 0 Å². The number of fused-ring (bicyclic) bond motifs is 3. The molecular weight excluding hydrogens is 186 g/mol. The first-order valence-electron chi connectivity index (χ1n) is 6.48. The number of carbonyl (C=O) groups excluding carboxylic acids is 1. The Bertz CT molecular complexity index is 288. The minimum Gasteiger partial charge on any atom is -0.298 e. The van der Waals surface area contributed by atoms with E-state index in [1.165, 1.54) is 25.8 Å². The minimum absolute atomic E-state index is 0.302. The largest absolute Gasteiger partial charge is 0.298 e. The fourth-order valence-corrected chi connectivity index (χ4v) is 4.22. The van der Waals surface area contributed by atoms with E-state index in [2.05, 4.69) is 18.7 Å². The van der Waals surface area contributed by atoms with Crippen LogP contribution in [0.5, 0.6) is 0 Å². The van der Waals surface area contributed by atoms with Crippen molar-refractivity contribution in [2.24, 2.45) is 17.8 Å². The van der Waals surface area contributed by atoms with Gasteiger partial charge in [0.25, 0.3) is 0 Å². The van der Waals surface area contributed by atoms with Gasteiger partial charge in [0.2, 0.25) is 0 Å². The van der Waals surface area contributed by atoms with Gasteiger partial charge in [-0.3, -0.25) is 9.69 Å². The van der Waals surface area contributed by atoms with E-state index < -0.39 is 0 Å². The topological polar surface area (TPSA) is 20.3 Å². The Morgan fingerprint density at radius 2 is 2.07 bits per heavy atom. The Morgan fingerprint density at radius 1 is 1.27 bits per heavy atom. The van der Waals surface area contributed by atoms with E-state index in [9.17, 15) is 4.79 Å². The molecule has 3 rings (SSSR count). The Labute approximate surface area is 92.0 Å². The molecule has 2 saturated heterocycles. The molecular formula is C13H21NO. The number of ketones is 1. The lowest BCUT2D eigenvalue weighted by atomic mass is 9.82. The van der Waals surface area contributed by atoms with Crippen LogP contribution in [0.15, 0.2) is 0 Å². The van der Waals surface area contributed by atoms with Gasteiger partial charge in [0.15, 0.2) is 5.78 Å². The van der Waals surface area contributed by atoms with E-state index in [0.717, 1.165) is 12.3 Å². The van der Waals surface area contributed by atoms with E-state index in [1.54, 1.807) is 0 Å². The highest BCUT2D eigenvalue weighted by Gasteiger charge is 2.51. The minimum atomic E-state index is 0.302. The molecule has 3 aliphatic rings. The van der Waals surface area contributed by atoms with Crippen LogP contribution in [0.3, 0.4) is 0 Å². The van der Waals surface area contributed by atoms with Crippen molar-refractivity contribution < 1.29 is 4.79 Å². The molecule has 0 aromatic heterocycles. The summed E-state index contributed by atoms with van der Waals surface area (Å²) in [6.45, 7) is 5.63. The maximum absolute atomic E-state index is 12.3. The summed E-state index contributed by atoms with van der Waals surface area (Å²) in [5.74, 6) is 2.40. The molecule has 84 valence electrons. The van der Waals surface area contributed by atoms with Gasteiger partial charge in [-0.15, -0.1) is 0 Å². The molecule has 1 aliphatic carbocycles. The van der Waals surface area contributed by atoms with Crippen molar-refractivity contribution in [3.05, 3.63) is 0 Å². The molecule has 0 radical (unpaired) electrons. The zero-order chi connectivity index (χ0) is 10.6. The summed E-state index contributed by atoms with van der Waals surface area (Å²) in [7, 11) is 0. The van der Waals surface area contributed by atoms with Crippen molar-refractivity contribution in [3.63, 3.8) is 0 Å². The number of carbonyl (C=O) groups is 1. The summed E-state index contributed by atoms with van der Waals surface area (Å²) < 4.78 is 0. The highest BCUT2D eigenvalue weighted by Crippen LogP contribution is 2.46. The molecule has 2 heterocycles. The number of rotatable bonds is 0. The van der Waals surface area contributed by atoms with Crippen molar-refractivity contribution in [3.8, 4) is 0 Å². The Hall–Kier alpha value is -0.370. The van der Waals surface area contributed by atoms with Gasteiger partial charge in [-0.1, -0.05) is 13.3 Å². The smallest absolute Gasteiger partial charge is 0.153 e. The highest BCUT2D eigenvalue weighted by atomic mass is 16.1. The molecule has 0 amide bonds. The molecule has 15 heavy (non-hydrogen) atoms. The second-order valence-corrected chi connectivity index (χ2v) is 5.88. The number of nitrogens with zero attached hydrogens (tertiary/aromatic N) is 1. The van der Waals surface area contributed by atoms with Crippen molar-refractivity contribution in [1.29, 1.82) is 0 Å². The van der Waals surface area contributed by atoms with Gasteiger partial charge in [-0.25, -0.2) is 0 Å². The standard InChI is InChI=1S/C13H21NO/c1-8-6-9(2)14-7-10-4-3-5-11(10)12(14)13(8)15/h8-12H,3-7H2,1-2H3/t8?,9?,10-,11-,12-/m0/s1. The average Bonchev–Trinajstić information content (AvgIpc) is 2.72. The first kappa shape index (κ1) is 9.83. The lowest BCUT2D eigenvalue weighted by Gasteiger charge is -2.39. The van der Waals surface area contributed by atoms with Gasteiger partial charge in [-0.05, 0) is 38.0 Å². The molecule has 2 aliphatic heterocycles. The summed E-state index contributed by atoms with van der Waals surface area (Å²) in [5.41, 5.74) is 0. The second-order valence-electron chi connectivity index (χ2n) is 5.88. The fourth-order valence-electron chi connectivity index (χ4n) is 4.22. The van der Waals surface area contributed by atoms with Crippen LogP contribution in [0.4, 0.5) is 0 Å². The molecule has 2 unspecified atom stereocenters. The van der Waals surface area contributed by atoms with Gasteiger partial charge in [0, 0.05) is 18.5 Å². The van der Waals surface area contributed by atoms with Gasteiger partial charge in [0.05, 0.1) is 6.04 Å². The molecule has 0 spiro atoms. The zero-order valence-corrected chi connectivity index (χ0v) is 9.78. The number of Topliss-reactive ketones (excluding diaryl/α,β-unsaturated/α-hetero) is 1. The first-order valence-corrected chi connectivity index (χ1v) is 6.48. The third-order valence-corrected chi connectivity index (χ3v) is 4.96. The number of hydrogen-bond donors (Lipinski definition) is 0. The van der Waals surface area contributed by atoms with Crippen molar-refractivity contribution in [1.82, 2.24) is 4.90 Å². The van der Waals surface area contributed by atoms with Gasteiger partial charge >= 0.3 is 0 Å². The Morgan fingerprint density at radius 3 is 2.87 bits per heavy atom. The fraction of sp³-hybridized carbons (Fsp3) is 0.923. The van der Waals surface area contributed by atoms with Gasteiger partial charge in [-0.2, -0.15) is 0 Å². The molecule has 0 bridgehead atoms. The Balaban J connectivity index is 1.90. The van der Waals surface area contributed by atoms with Gasteiger partial charge < -0.3 is 0 Å². The summed E-state index contributed by atoms with van der Waals surface area (Å²) in [6.07, 6.45) is 5.10.